The van der Waals surface area contributed by atoms with E-state index in [1.165, 1.54) is 17.0 Å². The molecule has 18 heavy (non-hydrogen) atoms. The number of hydrogen-bond donors (Lipinski definition) is 2. The predicted octanol–water partition coefficient (Wildman–Crippen LogP) is -0.114. The van der Waals surface area contributed by atoms with Crippen LogP contribution < -0.4 is 16.0 Å². The number of nitrogens with two attached hydrogens (primary N) is 1. The van der Waals surface area contributed by atoms with E-state index >= 15 is 0 Å². The maximum absolute atomic E-state index is 13.8. The molecule has 2 rings (SSSR count). The SMILES string of the molecule is NCc1ccc(N2CC(=O)NC(=O)C2)c(F)c1F. The summed E-state index contributed by atoms with van der Waals surface area (Å²) in [7, 11) is 0. The lowest BCUT2D eigenvalue weighted by molar-refractivity contribution is -0.130. The van der Waals surface area contributed by atoms with Crippen molar-refractivity contribution in [1.29, 1.82) is 0 Å². The zero-order chi connectivity index (χ0) is 13.3. The van der Waals surface area contributed by atoms with Gasteiger partial charge in [0.2, 0.25) is 11.8 Å². The van der Waals surface area contributed by atoms with Crippen molar-refractivity contribution in [2.24, 2.45) is 5.73 Å². The van der Waals surface area contributed by atoms with Gasteiger partial charge in [0.05, 0.1) is 18.8 Å². The number of benzene rings is 1. The van der Waals surface area contributed by atoms with E-state index < -0.39 is 23.4 Å². The molecule has 3 N–H and O–H groups in total. The molecule has 1 saturated heterocycles. The first kappa shape index (κ1) is 12.4. The molecular weight excluding hydrogens is 244 g/mol. The topological polar surface area (TPSA) is 75.4 Å². The van der Waals surface area contributed by atoms with Gasteiger partial charge in [0.15, 0.2) is 11.6 Å². The van der Waals surface area contributed by atoms with Crippen LogP contribution in [0, 0.1) is 11.6 Å². The summed E-state index contributed by atoms with van der Waals surface area (Å²) >= 11 is 0. The zero-order valence-electron chi connectivity index (χ0n) is 9.37. The van der Waals surface area contributed by atoms with Crippen molar-refractivity contribution in [3.8, 4) is 0 Å². The largest absolute Gasteiger partial charge is 0.350 e. The molecule has 0 aliphatic carbocycles. The van der Waals surface area contributed by atoms with Crippen molar-refractivity contribution >= 4 is 17.5 Å². The molecule has 0 bridgehead atoms. The summed E-state index contributed by atoms with van der Waals surface area (Å²) in [6, 6.07) is 2.65. The lowest BCUT2D eigenvalue weighted by Crippen LogP contribution is -2.51. The highest BCUT2D eigenvalue weighted by molar-refractivity contribution is 6.02. The molecule has 1 heterocycles. The first-order chi connectivity index (χ1) is 8.52. The Morgan fingerprint density at radius 3 is 2.33 bits per heavy atom. The first-order valence-corrected chi connectivity index (χ1v) is 5.27. The van der Waals surface area contributed by atoms with Crippen LogP contribution in [0.4, 0.5) is 14.5 Å². The molecule has 1 aromatic rings. The van der Waals surface area contributed by atoms with Gasteiger partial charge in [-0.2, -0.15) is 0 Å². The van der Waals surface area contributed by atoms with Crippen LogP contribution in [-0.4, -0.2) is 24.9 Å². The van der Waals surface area contributed by atoms with Crippen LogP contribution in [0.15, 0.2) is 12.1 Å². The zero-order valence-corrected chi connectivity index (χ0v) is 9.37. The Hall–Kier alpha value is -2.02. The van der Waals surface area contributed by atoms with E-state index in [0.29, 0.717) is 0 Å². The fraction of sp³-hybridized carbons (Fsp3) is 0.273. The van der Waals surface area contributed by atoms with E-state index in [4.69, 9.17) is 5.73 Å². The van der Waals surface area contributed by atoms with E-state index in [1.54, 1.807) is 0 Å². The predicted molar refractivity (Wildman–Crippen MR) is 59.6 cm³/mol. The second kappa shape index (κ2) is 4.69. The van der Waals surface area contributed by atoms with Gasteiger partial charge in [-0.15, -0.1) is 0 Å². The van der Waals surface area contributed by atoms with Gasteiger partial charge in [0.25, 0.3) is 0 Å². The second-order valence-corrected chi connectivity index (χ2v) is 3.90. The minimum Gasteiger partial charge on any atom is -0.350 e. The number of halogens is 2. The first-order valence-electron chi connectivity index (χ1n) is 5.27. The van der Waals surface area contributed by atoms with Gasteiger partial charge in [-0.05, 0) is 6.07 Å². The number of nitrogens with zero attached hydrogens (tertiary/aromatic N) is 1. The standard InChI is InChI=1S/C11H11F2N3O2/c12-10-6(3-14)1-2-7(11(10)13)16-4-8(17)15-9(18)5-16/h1-2H,3-5,14H2,(H,15,17,18). The second-order valence-electron chi connectivity index (χ2n) is 3.90. The third-order valence-corrected chi connectivity index (χ3v) is 2.65. The van der Waals surface area contributed by atoms with Crippen molar-refractivity contribution in [2.45, 2.75) is 6.54 Å². The number of nitrogens with one attached hydrogen (secondary N) is 1. The van der Waals surface area contributed by atoms with Crippen molar-refractivity contribution in [1.82, 2.24) is 5.32 Å². The Kier molecular flexibility index (Phi) is 3.24. The summed E-state index contributed by atoms with van der Waals surface area (Å²) in [6.45, 7) is -0.503. The van der Waals surface area contributed by atoms with Crippen LogP contribution in [0.25, 0.3) is 0 Å². The van der Waals surface area contributed by atoms with Gasteiger partial charge in [-0.1, -0.05) is 6.07 Å². The molecule has 1 aliphatic heterocycles. The Bertz CT molecular complexity index is 503. The summed E-state index contributed by atoms with van der Waals surface area (Å²) in [5.41, 5.74) is 5.18. The van der Waals surface area contributed by atoms with Crippen molar-refractivity contribution < 1.29 is 18.4 Å². The van der Waals surface area contributed by atoms with Crippen LogP contribution in [0.5, 0.6) is 0 Å². The van der Waals surface area contributed by atoms with E-state index in [-0.39, 0.29) is 30.9 Å². The molecular formula is C11H11F2N3O2. The molecule has 1 aromatic carbocycles. The van der Waals surface area contributed by atoms with Gasteiger partial charge in [0.1, 0.15) is 0 Å². The van der Waals surface area contributed by atoms with Crippen LogP contribution in [0.3, 0.4) is 0 Å². The molecule has 5 nitrogen and oxygen atoms in total. The van der Waals surface area contributed by atoms with Gasteiger partial charge >= 0.3 is 0 Å². The maximum Gasteiger partial charge on any atom is 0.246 e. The van der Waals surface area contributed by atoms with Gasteiger partial charge in [-0.3, -0.25) is 14.9 Å². The highest BCUT2D eigenvalue weighted by Gasteiger charge is 2.26. The Balaban J connectivity index is 2.36. The van der Waals surface area contributed by atoms with Crippen LogP contribution in [-0.2, 0) is 16.1 Å². The van der Waals surface area contributed by atoms with E-state index in [9.17, 15) is 18.4 Å². The molecule has 0 aromatic heterocycles. The molecule has 7 heteroatoms. The molecule has 0 saturated carbocycles. The number of piperazine rings is 1. The summed E-state index contributed by atoms with van der Waals surface area (Å²) in [4.78, 5) is 23.5. The molecule has 0 radical (unpaired) electrons. The normalized spacial score (nSPS) is 15.8. The van der Waals surface area contributed by atoms with Crippen molar-refractivity contribution in [3.63, 3.8) is 0 Å². The molecule has 1 fully saturated rings. The number of rotatable bonds is 2. The summed E-state index contributed by atoms with van der Waals surface area (Å²) in [5.74, 6) is -3.24. The highest BCUT2D eigenvalue weighted by atomic mass is 19.2. The van der Waals surface area contributed by atoms with Crippen LogP contribution in [0.2, 0.25) is 0 Å². The molecule has 1 aliphatic rings. The minimum atomic E-state index is -1.10. The summed E-state index contributed by atoms with van der Waals surface area (Å²) < 4.78 is 27.3. The molecule has 0 spiro atoms. The maximum atomic E-state index is 13.8. The van der Waals surface area contributed by atoms with Crippen molar-refractivity contribution in [2.75, 3.05) is 18.0 Å². The summed E-state index contributed by atoms with van der Waals surface area (Å²) in [5, 5.41) is 2.08. The number of amides is 2. The highest BCUT2D eigenvalue weighted by Crippen LogP contribution is 2.24. The summed E-state index contributed by atoms with van der Waals surface area (Å²) in [6.07, 6.45) is 0. The Labute approximate surface area is 102 Å². The minimum absolute atomic E-state index is 0.0454. The van der Waals surface area contributed by atoms with Gasteiger partial charge in [-0.25, -0.2) is 8.78 Å². The monoisotopic (exact) mass is 255 g/mol. The lowest BCUT2D eigenvalue weighted by Gasteiger charge is -2.27. The number of carbonyl (C=O) groups is 2. The van der Waals surface area contributed by atoms with E-state index in [2.05, 4.69) is 5.32 Å². The van der Waals surface area contributed by atoms with E-state index in [1.807, 2.05) is 0 Å². The van der Waals surface area contributed by atoms with Gasteiger partial charge < -0.3 is 10.6 Å². The molecule has 96 valence electrons. The smallest absolute Gasteiger partial charge is 0.246 e. The molecule has 0 unspecified atom stereocenters. The number of hydrogen-bond acceptors (Lipinski definition) is 4. The third-order valence-electron chi connectivity index (χ3n) is 2.65. The fourth-order valence-electron chi connectivity index (χ4n) is 1.79. The Morgan fingerprint density at radius 2 is 1.78 bits per heavy atom. The van der Waals surface area contributed by atoms with Gasteiger partial charge in [0, 0.05) is 12.1 Å². The quantitative estimate of drug-likeness (QED) is 0.723. The van der Waals surface area contributed by atoms with E-state index in [0.717, 1.165) is 0 Å². The van der Waals surface area contributed by atoms with Crippen LogP contribution >= 0.6 is 0 Å². The third kappa shape index (κ3) is 2.17. The average molecular weight is 255 g/mol. The number of carbonyl (C=O) groups excluding carboxylic acids is 2. The fourth-order valence-corrected chi connectivity index (χ4v) is 1.79. The van der Waals surface area contributed by atoms with Crippen LogP contribution in [0.1, 0.15) is 5.56 Å². The molecule has 2 amide bonds. The molecule has 0 atom stereocenters. The lowest BCUT2D eigenvalue weighted by atomic mass is 10.1. The Morgan fingerprint density at radius 1 is 1.17 bits per heavy atom. The van der Waals surface area contributed by atoms with Crippen molar-refractivity contribution in [3.05, 3.63) is 29.3 Å². The average Bonchev–Trinajstić information content (AvgIpc) is 2.31. The number of imide groups is 1. The number of anilines is 1.